The van der Waals surface area contributed by atoms with Crippen LogP contribution in [0.1, 0.15) is 46.5 Å². The van der Waals surface area contributed by atoms with Crippen molar-refractivity contribution >= 4 is 17.8 Å². The normalized spacial score (nSPS) is 10.7. The summed E-state index contributed by atoms with van der Waals surface area (Å²) >= 11 is 0. The second-order valence-corrected chi connectivity index (χ2v) is 5.10. The third kappa shape index (κ3) is 18.1. The predicted molar refractivity (Wildman–Crippen MR) is 79.8 cm³/mol. The zero-order valence-corrected chi connectivity index (χ0v) is 12.9. The molecule has 0 aliphatic rings. The van der Waals surface area contributed by atoms with Crippen LogP contribution in [0.2, 0.25) is 0 Å². The molecule has 0 atom stereocenters. The summed E-state index contributed by atoms with van der Waals surface area (Å²) in [7, 11) is 0. The number of carbonyl (C=O) groups is 3. The molecule has 0 rings (SSSR count). The van der Waals surface area contributed by atoms with E-state index in [1.54, 1.807) is 0 Å². The van der Waals surface area contributed by atoms with Gasteiger partial charge < -0.3 is 21.3 Å². The van der Waals surface area contributed by atoms with Crippen molar-refractivity contribution in [3.05, 3.63) is 12.2 Å². The number of amides is 1. The molecule has 0 aliphatic heterocycles. The molecule has 0 aromatic carbocycles. The number of carboxylic acid groups (broad SMARTS) is 2. The zero-order chi connectivity index (χ0) is 16.9. The Kier molecular flexibility index (Phi) is 12.1. The van der Waals surface area contributed by atoms with Crippen LogP contribution in [-0.4, -0.2) is 40.1 Å². The van der Waals surface area contributed by atoms with E-state index in [4.69, 9.17) is 15.9 Å². The molecule has 0 unspecified atom stereocenters. The van der Waals surface area contributed by atoms with Gasteiger partial charge in [-0.2, -0.15) is 0 Å². The van der Waals surface area contributed by atoms with Gasteiger partial charge in [-0.1, -0.05) is 26.2 Å². The molecule has 0 aromatic heterocycles. The van der Waals surface area contributed by atoms with Crippen molar-refractivity contribution in [2.75, 3.05) is 6.54 Å². The summed E-state index contributed by atoms with van der Waals surface area (Å²) in [6.07, 6.45) is 5.73. The fraction of sp³-hybridized carbons (Fsp3) is 0.643. The number of nitrogens with two attached hydrogens (primary N) is 1. The van der Waals surface area contributed by atoms with Crippen molar-refractivity contribution in [1.82, 2.24) is 5.32 Å². The molecular formula is C14H26N2O5. The van der Waals surface area contributed by atoms with E-state index in [9.17, 15) is 14.4 Å². The maximum absolute atomic E-state index is 11.0. The third-order valence-electron chi connectivity index (χ3n) is 2.44. The Morgan fingerprint density at radius 1 is 1.10 bits per heavy atom. The molecular weight excluding hydrogens is 276 g/mol. The maximum Gasteiger partial charge on any atom is 0.328 e. The first-order valence-electron chi connectivity index (χ1n) is 6.79. The number of rotatable bonds is 8. The van der Waals surface area contributed by atoms with Gasteiger partial charge in [-0.25, -0.2) is 9.59 Å². The van der Waals surface area contributed by atoms with Gasteiger partial charge in [0.1, 0.15) is 0 Å². The molecule has 0 spiro atoms. The number of aliphatic carboxylic acids is 2. The van der Waals surface area contributed by atoms with Crippen molar-refractivity contribution in [3.63, 3.8) is 0 Å². The van der Waals surface area contributed by atoms with Crippen LogP contribution >= 0.6 is 0 Å². The fourth-order valence-electron chi connectivity index (χ4n) is 1.45. The first-order valence-corrected chi connectivity index (χ1v) is 6.79. The summed E-state index contributed by atoms with van der Waals surface area (Å²) in [6.45, 7) is 6.33. The lowest BCUT2D eigenvalue weighted by Gasteiger charge is -2.25. The molecule has 1 amide bonds. The summed E-state index contributed by atoms with van der Waals surface area (Å²) < 4.78 is 0. The third-order valence-corrected chi connectivity index (χ3v) is 2.44. The minimum Gasteiger partial charge on any atom is -0.478 e. The lowest BCUT2D eigenvalue weighted by molar-refractivity contribution is -0.134. The quantitative estimate of drug-likeness (QED) is 0.393. The van der Waals surface area contributed by atoms with E-state index in [2.05, 4.69) is 12.2 Å². The van der Waals surface area contributed by atoms with Crippen molar-refractivity contribution < 1.29 is 24.6 Å². The van der Waals surface area contributed by atoms with E-state index in [0.29, 0.717) is 12.2 Å². The summed E-state index contributed by atoms with van der Waals surface area (Å²) in [5.41, 5.74) is 5.12. The first-order chi connectivity index (χ1) is 9.64. The maximum atomic E-state index is 11.0. The van der Waals surface area contributed by atoms with Gasteiger partial charge >= 0.3 is 11.9 Å². The van der Waals surface area contributed by atoms with Crippen LogP contribution in [0.25, 0.3) is 0 Å². The minimum atomic E-state index is -1.26. The number of hydrogen-bond acceptors (Lipinski definition) is 4. The second-order valence-electron chi connectivity index (χ2n) is 5.10. The lowest BCUT2D eigenvalue weighted by atomic mass is 9.97. The SMILES string of the molecule is CCCCCC(C)(C)NC(=O)CN.O=C(O)C=CC(=O)O. The topological polar surface area (TPSA) is 130 Å². The van der Waals surface area contributed by atoms with E-state index >= 15 is 0 Å². The van der Waals surface area contributed by atoms with E-state index in [1.807, 2.05) is 13.8 Å². The van der Waals surface area contributed by atoms with Crippen LogP contribution in [-0.2, 0) is 14.4 Å². The van der Waals surface area contributed by atoms with E-state index in [1.165, 1.54) is 12.8 Å². The van der Waals surface area contributed by atoms with Gasteiger partial charge in [0.25, 0.3) is 0 Å². The molecule has 0 heterocycles. The molecule has 0 aliphatic carbocycles. The van der Waals surface area contributed by atoms with Gasteiger partial charge in [0.15, 0.2) is 0 Å². The number of unbranched alkanes of at least 4 members (excludes halogenated alkanes) is 2. The Hall–Kier alpha value is -1.89. The molecule has 0 aromatic rings. The Balaban J connectivity index is 0. The van der Waals surface area contributed by atoms with Gasteiger partial charge in [-0.3, -0.25) is 4.79 Å². The monoisotopic (exact) mass is 302 g/mol. The number of hydrogen-bond donors (Lipinski definition) is 4. The number of carboxylic acids is 2. The molecule has 0 fully saturated rings. The van der Waals surface area contributed by atoms with Crippen molar-refractivity contribution in [1.29, 1.82) is 0 Å². The molecule has 0 saturated carbocycles. The molecule has 21 heavy (non-hydrogen) atoms. The van der Waals surface area contributed by atoms with Gasteiger partial charge in [-0.15, -0.1) is 0 Å². The average Bonchev–Trinajstić information content (AvgIpc) is 2.36. The summed E-state index contributed by atoms with van der Waals surface area (Å²) in [4.78, 5) is 30.1. The van der Waals surface area contributed by atoms with Crippen LogP contribution in [0.3, 0.4) is 0 Å². The van der Waals surface area contributed by atoms with Crippen molar-refractivity contribution in [3.8, 4) is 0 Å². The molecule has 0 bridgehead atoms. The van der Waals surface area contributed by atoms with Crippen LogP contribution in [0.15, 0.2) is 12.2 Å². The summed E-state index contributed by atoms with van der Waals surface area (Å²) in [6, 6.07) is 0. The smallest absolute Gasteiger partial charge is 0.328 e. The number of nitrogens with one attached hydrogen (secondary N) is 1. The molecule has 5 N–H and O–H groups in total. The lowest BCUT2D eigenvalue weighted by Crippen LogP contribution is -2.45. The Morgan fingerprint density at radius 2 is 1.57 bits per heavy atom. The van der Waals surface area contributed by atoms with Gasteiger partial charge in [-0.05, 0) is 20.3 Å². The Morgan fingerprint density at radius 3 is 1.90 bits per heavy atom. The van der Waals surface area contributed by atoms with Crippen molar-refractivity contribution in [2.45, 2.75) is 52.0 Å². The molecule has 0 radical (unpaired) electrons. The van der Waals surface area contributed by atoms with E-state index in [-0.39, 0.29) is 18.0 Å². The zero-order valence-electron chi connectivity index (χ0n) is 12.9. The van der Waals surface area contributed by atoms with Crippen LogP contribution in [0.5, 0.6) is 0 Å². The van der Waals surface area contributed by atoms with Gasteiger partial charge in [0, 0.05) is 17.7 Å². The van der Waals surface area contributed by atoms with Gasteiger partial charge in [0.05, 0.1) is 6.54 Å². The predicted octanol–water partition coefficient (Wildman–Crippen LogP) is 1.13. The molecule has 0 saturated heterocycles. The highest BCUT2D eigenvalue weighted by atomic mass is 16.4. The average molecular weight is 302 g/mol. The Labute approximate surface area is 125 Å². The second kappa shape index (κ2) is 11.9. The number of carbonyl (C=O) groups excluding carboxylic acids is 1. The van der Waals surface area contributed by atoms with Crippen LogP contribution in [0.4, 0.5) is 0 Å². The van der Waals surface area contributed by atoms with E-state index < -0.39 is 11.9 Å². The fourth-order valence-corrected chi connectivity index (χ4v) is 1.45. The summed E-state index contributed by atoms with van der Waals surface area (Å²) in [5, 5.41) is 18.5. The van der Waals surface area contributed by atoms with Gasteiger partial charge in [0.2, 0.25) is 5.91 Å². The van der Waals surface area contributed by atoms with E-state index in [0.717, 1.165) is 12.8 Å². The first kappa shape index (κ1) is 21.4. The standard InChI is InChI=1S/C10H22N2O.C4H4O4/c1-4-5-6-7-10(2,3)12-9(13)8-11;5-3(6)1-2-4(7)8/h4-8,11H2,1-3H3,(H,12,13);1-2H,(H,5,6)(H,7,8). The molecule has 7 nitrogen and oxygen atoms in total. The highest BCUT2D eigenvalue weighted by Crippen LogP contribution is 2.13. The molecule has 122 valence electrons. The summed E-state index contributed by atoms with van der Waals surface area (Å²) in [5.74, 6) is -2.58. The highest BCUT2D eigenvalue weighted by Gasteiger charge is 2.18. The van der Waals surface area contributed by atoms with Crippen LogP contribution < -0.4 is 11.1 Å². The van der Waals surface area contributed by atoms with Crippen molar-refractivity contribution in [2.24, 2.45) is 5.73 Å². The highest BCUT2D eigenvalue weighted by molar-refractivity contribution is 5.89. The van der Waals surface area contributed by atoms with Crippen LogP contribution in [0, 0.1) is 0 Å². The Bertz CT molecular complexity index is 348. The molecule has 7 heteroatoms. The minimum absolute atomic E-state index is 0.0681. The largest absolute Gasteiger partial charge is 0.478 e.